The summed E-state index contributed by atoms with van der Waals surface area (Å²) in [5.41, 5.74) is 0.699. The summed E-state index contributed by atoms with van der Waals surface area (Å²) >= 11 is 0. The van der Waals surface area contributed by atoms with Crippen molar-refractivity contribution in [3.8, 4) is 0 Å². The summed E-state index contributed by atoms with van der Waals surface area (Å²) in [6.45, 7) is 0.0954. The number of nitrogens with zero attached hydrogens (tertiary/aromatic N) is 1. The van der Waals surface area contributed by atoms with Crippen molar-refractivity contribution in [3.05, 3.63) is 94.3 Å². The van der Waals surface area contributed by atoms with Crippen LogP contribution in [0.15, 0.2) is 76.1 Å². The third-order valence-corrected chi connectivity index (χ3v) is 3.75. The fraction of sp³-hybridized carbons (Fsp3) is 0.150. The SMILES string of the molecule is O=C(CNC(=O)c1ccc(Cn2ccccc2=O)o1)OCc1ccccc1. The van der Waals surface area contributed by atoms with E-state index in [1.807, 2.05) is 30.3 Å². The van der Waals surface area contributed by atoms with Gasteiger partial charge in [-0.1, -0.05) is 36.4 Å². The average molecular weight is 366 g/mol. The number of pyridine rings is 1. The molecule has 7 heteroatoms. The molecule has 0 atom stereocenters. The molecule has 0 saturated heterocycles. The molecule has 2 aromatic heterocycles. The van der Waals surface area contributed by atoms with E-state index in [1.54, 1.807) is 24.4 Å². The van der Waals surface area contributed by atoms with Crippen molar-refractivity contribution in [2.24, 2.45) is 0 Å². The lowest BCUT2D eigenvalue weighted by Gasteiger charge is -2.06. The summed E-state index contributed by atoms with van der Waals surface area (Å²) in [6.07, 6.45) is 1.63. The Labute approximate surface area is 155 Å². The minimum Gasteiger partial charge on any atom is -0.460 e. The van der Waals surface area contributed by atoms with Gasteiger partial charge in [0.1, 0.15) is 18.9 Å². The summed E-state index contributed by atoms with van der Waals surface area (Å²) < 4.78 is 12.0. The number of amides is 1. The van der Waals surface area contributed by atoms with Gasteiger partial charge in [0.2, 0.25) is 0 Å². The summed E-state index contributed by atoms with van der Waals surface area (Å²) in [4.78, 5) is 35.5. The number of carbonyl (C=O) groups excluding carboxylic acids is 2. The lowest BCUT2D eigenvalue weighted by molar-refractivity contribution is -0.143. The Morgan fingerprint density at radius 2 is 1.78 bits per heavy atom. The van der Waals surface area contributed by atoms with Crippen LogP contribution in [0.3, 0.4) is 0 Å². The number of rotatable bonds is 7. The second kappa shape index (κ2) is 8.66. The van der Waals surface area contributed by atoms with Gasteiger partial charge in [-0.2, -0.15) is 0 Å². The van der Waals surface area contributed by atoms with E-state index in [4.69, 9.17) is 9.15 Å². The molecule has 0 saturated carbocycles. The standard InChI is InChI=1S/C20H18N2O5/c23-18-8-4-5-11-22(18)13-16-9-10-17(27-16)20(25)21-12-19(24)26-14-15-6-2-1-3-7-15/h1-11H,12-14H2,(H,21,25). The number of nitrogens with one attached hydrogen (secondary N) is 1. The number of benzene rings is 1. The molecule has 138 valence electrons. The first-order chi connectivity index (χ1) is 13.1. The van der Waals surface area contributed by atoms with Gasteiger partial charge in [-0.25, -0.2) is 0 Å². The fourth-order valence-corrected chi connectivity index (χ4v) is 2.37. The van der Waals surface area contributed by atoms with Crippen LogP contribution in [0.25, 0.3) is 0 Å². The molecule has 0 bridgehead atoms. The topological polar surface area (TPSA) is 90.5 Å². The molecule has 1 amide bonds. The van der Waals surface area contributed by atoms with Crippen molar-refractivity contribution in [3.63, 3.8) is 0 Å². The molecule has 0 aliphatic rings. The third kappa shape index (κ3) is 5.18. The van der Waals surface area contributed by atoms with Crippen molar-refractivity contribution in [2.45, 2.75) is 13.2 Å². The maximum atomic E-state index is 12.1. The molecule has 0 spiro atoms. The number of furan rings is 1. The average Bonchev–Trinajstić information content (AvgIpc) is 3.16. The summed E-state index contributed by atoms with van der Waals surface area (Å²) in [5.74, 6) is -0.557. The van der Waals surface area contributed by atoms with Crippen LogP contribution in [0, 0.1) is 0 Å². The number of ether oxygens (including phenoxy) is 1. The quantitative estimate of drug-likeness (QED) is 0.646. The molecule has 1 N–H and O–H groups in total. The summed E-state index contributed by atoms with van der Waals surface area (Å²) in [7, 11) is 0. The van der Waals surface area contributed by atoms with E-state index >= 15 is 0 Å². The van der Waals surface area contributed by atoms with Crippen molar-refractivity contribution in [1.29, 1.82) is 0 Å². The van der Waals surface area contributed by atoms with E-state index in [1.165, 1.54) is 16.7 Å². The highest BCUT2D eigenvalue weighted by Gasteiger charge is 2.13. The maximum Gasteiger partial charge on any atom is 0.325 e. The molecule has 3 aromatic rings. The van der Waals surface area contributed by atoms with E-state index < -0.39 is 11.9 Å². The molecule has 0 radical (unpaired) electrons. The molecular formula is C20H18N2O5. The van der Waals surface area contributed by atoms with Crippen LogP contribution < -0.4 is 10.9 Å². The van der Waals surface area contributed by atoms with Crippen molar-refractivity contribution in [2.75, 3.05) is 6.54 Å². The predicted molar refractivity (Wildman–Crippen MR) is 97.1 cm³/mol. The monoisotopic (exact) mass is 366 g/mol. The minimum absolute atomic E-state index is 0.0600. The Hall–Kier alpha value is -3.61. The molecule has 0 aliphatic heterocycles. The molecular weight excluding hydrogens is 348 g/mol. The molecule has 3 rings (SSSR count). The van der Waals surface area contributed by atoms with Crippen LogP contribution >= 0.6 is 0 Å². The van der Waals surface area contributed by atoms with Gasteiger partial charge in [0.05, 0.1) is 6.54 Å². The second-order valence-electron chi connectivity index (χ2n) is 5.76. The lowest BCUT2D eigenvalue weighted by Crippen LogP contribution is -2.30. The summed E-state index contributed by atoms with van der Waals surface area (Å²) in [5, 5.41) is 2.45. The van der Waals surface area contributed by atoms with Gasteiger partial charge >= 0.3 is 5.97 Å². The van der Waals surface area contributed by atoms with Crippen molar-refractivity contribution < 1.29 is 18.7 Å². The number of carbonyl (C=O) groups is 2. The van der Waals surface area contributed by atoms with Gasteiger partial charge in [-0.3, -0.25) is 14.4 Å². The van der Waals surface area contributed by atoms with Crippen LogP contribution in [-0.4, -0.2) is 23.0 Å². The zero-order valence-electron chi connectivity index (χ0n) is 14.5. The van der Waals surface area contributed by atoms with Crippen LogP contribution in [0.4, 0.5) is 0 Å². The van der Waals surface area contributed by atoms with Gasteiger partial charge in [0.15, 0.2) is 5.76 Å². The smallest absolute Gasteiger partial charge is 0.325 e. The number of hydrogen-bond donors (Lipinski definition) is 1. The van der Waals surface area contributed by atoms with Crippen molar-refractivity contribution >= 4 is 11.9 Å². The largest absolute Gasteiger partial charge is 0.460 e. The van der Waals surface area contributed by atoms with Crippen LogP contribution in [-0.2, 0) is 22.7 Å². The van der Waals surface area contributed by atoms with Crippen LogP contribution in [0.2, 0.25) is 0 Å². The zero-order valence-corrected chi connectivity index (χ0v) is 14.5. The minimum atomic E-state index is -0.546. The Kier molecular flexibility index (Phi) is 5.84. The fourth-order valence-electron chi connectivity index (χ4n) is 2.37. The highest BCUT2D eigenvalue weighted by molar-refractivity contribution is 5.93. The van der Waals surface area contributed by atoms with E-state index in [-0.39, 0.29) is 31.0 Å². The highest BCUT2D eigenvalue weighted by atomic mass is 16.5. The van der Waals surface area contributed by atoms with E-state index in [0.717, 1.165) is 5.56 Å². The molecule has 0 unspecified atom stereocenters. The third-order valence-electron chi connectivity index (χ3n) is 3.75. The Bertz CT molecular complexity index is 975. The van der Waals surface area contributed by atoms with Gasteiger partial charge in [0.25, 0.3) is 11.5 Å². The van der Waals surface area contributed by atoms with Gasteiger partial charge in [-0.05, 0) is 23.8 Å². The van der Waals surface area contributed by atoms with Crippen molar-refractivity contribution in [1.82, 2.24) is 9.88 Å². The first-order valence-electron chi connectivity index (χ1n) is 8.34. The first-order valence-corrected chi connectivity index (χ1v) is 8.34. The number of hydrogen-bond acceptors (Lipinski definition) is 5. The highest BCUT2D eigenvalue weighted by Crippen LogP contribution is 2.09. The molecule has 1 aromatic carbocycles. The van der Waals surface area contributed by atoms with Crippen LogP contribution in [0.1, 0.15) is 21.9 Å². The number of aromatic nitrogens is 1. The van der Waals surface area contributed by atoms with E-state index in [0.29, 0.717) is 5.76 Å². The Morgan fingerprint density at radius 3 is 2.56 bits per heavy atom. The Balaban J connectivity index is 1.48. The normalized spacial score (nSPS) is 10.4. The van der Waals surface area contributed by atoms with Gasteiger partial charge in [-0.15, -0.1) is 0 Å². The van der Waals surface area contributed by atoms with Gasteiger partial charge in [0, 0.05) is 12.3 Å². The molecule has 2 heterocycles. The second-order valence-corrected chi connectivity index (χ2v) is 5.76. The number of esters is 1. The van der Waals surface area contributed by atoms with E-state index in [9.17, 15) is 14.4 Å². The van der Waals surface area contributed by atoms with Crippen LogP contribution in [0.5, 0.6) is 0 Å². The first kappa shape index (κ1) is 18.2. The molecule has 0 fully saturated rings. The van der Waals surface area contributed by atoms with Gasteiger partial charge < -0.3 is 19.0 Å². The molecule has 7 nitrogen and oxygen atoms in total. The maximum absolute atomic E-state index is 12.1. The lowest BCUT2D eigenvalue weighted by atomic mass is 10.2. The summed E-state index contributed by atoms with van der Waals surface area (Å²) in [6, 6.07) is 17.2. The zero-order chi connectivity index (χ0) is 19.1. The Morgan fingerprint density at radius 1 is 1.00 bits per heavy atom. The molecule has 0 aliphatic carbocycles. The molecule has 27 heavy (non-hydrogen) atoms. The van der Waals surface area contributed by atoms with E-state index in [2.05, 4.69) is 5.32 Å². The predicted octanol–water partition coefficient (Wildman–Crippen LogP) is 1.96.